The third-order valence-electron chi connectivity index (χ3n) is 5.48. The Morgan fingerprint density at radius 1 is 1.19 bits per heavy atom. The number of nitrogens with two attached hydrogens (primary N) is 1. The highest BCUT2D eigenvalue weighted by Gasteiger charge is 2.38. The maximum atomic E-state index is 5.99. The first-order valence-corrected chi connectivity index (χ1v) is 8.13. The highest BCUT2D eigenvalue weighted by molar-refractivity contribution is 5.54. The fourth-order valence-corrected chi connectivity index (χ4v) is 4.23. The number of hydrogen-bond acceptors (Lipinski definition) is 5. The topological polar surface area (TPSA) is 67.1 Å². The summed E-state index contributed by atoms with van der Waals surface area (Å²) in [5.41, 5.74) is 8.87. The van der Waals surface area contributed by atoms with Gasteiger partial charge in [0.15, 0.2) is 0 Å². The van der Waals surface area contributed by atoms with Crippen molar-refractivity contribution in [2.24, 2.45) is 17.3 Å². The van der Waals surface area contributed by atoms with Crippen molar-refractivity contribution in [3.8, 4) is 0 Å². The fourth-order valence-electron chi connectivity index (χ4n) is 4.23. The van der Waals surface area contributed by atoms with Crippen LogP contribution in [0.5, 0.6) is 0 Å². The Bertz CT molecular complexity index is 556. The van der Waals surface area contributed by atoms with Gasteiger partial charge in [-0.1, -0.05) is 13.8 Å². The molecule has 0 saturated carbocycles. The molecule has 21 heavy (non-hydrogen) atoms. The van der Waals surface area contributed by atoms with Crippen molar-refractivity contribution >= 4 is 11.8 Å². The summed E-state index contributed by atoms with van der Waals surface area (Å²) in [5.74, 6) is 3.12. The number of hydrogen-bond donors (Lipinski definition) is 2. The summed E-state index contributed by atoms with van der Waals surface area (Å²) >= 11 is 0. The highest BCUT2D eigenvalue weighted by Crippen LogP contribution is 2.39. The molecule has 3 heterocycles. The Balaban J connectivity index is 1.68. The van der Waals surface area contributed by atoms with E-state index in [9.17, 15) is 0 Å². The van der Waals surface area contributed by atoms with E-state index in [-0.39, 0.29) is 0 Å². The molecular formula is C16H25N5. The van der Waals surface area contributed by atoms with E-state index in [0.717, 1.165) is 56.7 Å². The maximum Gasteiger partial charge on any atom is 0.222 e. The molecule has 3 aliphatic rings. The molecule has 0 bridgehead atoms. The number of rotatable bonds is 1. The van der Waals surface area contributed by atoms with Crippen molar-refractivity contribution in [3.05, 3.63) is 11.3 Å². The van der Waals surface area contributed by atoms with E-state index in [1.807, 2.05) is 0 Å². The van der Waals surface area contributed by atoms with Gasteiger partial charge in [-0.2, -0.15) is 4.98 Å². The van der Waals surface area contributed by atoms with Gasteiger partial charge in [0.05, 0.1) is 5.69 Å². The van der Waals surface area contributed by atoms with E-state index in [4.69, 9.17) is 5.73 Å². The van der Waals surface area contributed by atoms with Crippen LogP contribution in [0.25, 0.3) is 0 Å². The van der Waals surface area contributed by atoms with Crippen molar-refractivity contribution in [1.29, 1.82) is 0 Å². The molecule has 1 aliphatic carbocycles. The zero-order valence-corrected chi connectivity index (χ0v) is 13.0. The second-order valence-corrected chi connectivity index (χ2v) is 7.76. The second kappa shape index (κ2) is 4.57. The highest BCUT2D eigenvalue weighted by atomic mass is 15.2. The Labute approximate surface area is 126 Å². The standard InChI is InChI=1S/C16H25N5/c1-16(2)4-3-12-13(5-16)19-15(17)20-14(12)21-8-10-6-18-7-11(10)9-21/h10-11,18H,3-9H2,1-2H3,(H2,17,19,20). The summed E-state index contributed by atoms with van der Waals surface area (Å²) in [6.07, 6.45) is 3.31. The first-order chi connectivity index (χ1) is 10.0. The molecule has 0 amide bonds. The van der Waals surface area contributed by atoms with E-state index in [1.165, 1.54) is 17.7 Å². The fraction of sp³-hybridized carbons (Fsp3) is 0.750. The predicted molar refractivity (Wildman–Crippen MR) is 84.3 cm³/mol. The number of nitrogens with zero attached hydrogens (tertiary/aromatic N) is 3. The van der Waals surface area contributed by atoms with Crippen LogP contribution in [0.1, 0.15) is 31.5 Å². The Kier molecular flexibility index (Phi) is 2.89. The zero-order chi connectivity index (χ0) is 14.6. The molecule has 114 valence electrons. The van der Waals surface area contributed by atoms with Crippen LogP contribution in [0.2, 0.25) is 0 Å². The average Bonchev–Trinajstić information content (AvgIpc) is 2.96. The molecule has 0 radical (unpaired) electrons. The molecule has 3 N–H and O–H groups in total. The largest absolute Gasteiger partial charge is 0.368 e. The summed E-state index contributed by atoms with van der Waals surface area (Å²) in [6.45, 7) is 9.17. The summed E-state index contributed by atoms with van der Waals surface area (Å²) in [4.78, 5) is 11.6. The molecule has 2 unspecified atom stereocenters. The number of fused-ring (bicyclic) bond motifs is 2. The molecule has 0 spiro atoms. The molecule has 1 aromatic rings. The maximum absolute atomic E-state index is 5.99. The van der Waals surface area contributed by atoms with Crippen molar-refractivity contribution in [2.75, 3.05) is 36.8 Å². The molecule has 2 saturated heterocycles. The van der Waals surface area contributed by atoms with Gasteiger partial charge in [0.2, 0.25) is 5.95 Å². The molecule has 2 aliphatic heterocycles. The Hall–Kier alpha value is -1.36. The lowest BCUT2D eigenvalue weighted by Crippen LogP contribution is -2.31. The second-order valence-electron chi connectivity index (χ2n) is 7.76. The van der Waals surface area contributed by atoms with E-state index in [1.54, 1.807) is 0 Å². The molecule has 1 aromatic heterocycles. The van der Waals surface area contributed by atoms with Gasteiger partial charge in [-0.15, -0.1) is 0 Å². The average molecular weight is 287 g/mol. The van der Waals surface area contributed by atoms with E-state index in [2.05, 4.69) is 34.0 Å². The zero-order valence-electron chi connectivity index (χ0n) is 13.0. The predicted octanol–water partition coefficient (Wildman–Crippen LogP) is 1.23. The number of nitrogen functional groups attached to an aromatic ring is 1. The van der Waals surface area contributed by atoms with Crippen LogP contribution in [0.3, 0.4) is 0 Å². The van der Waals surface area contributed by atoms with Crippen LogP contribution in [-0.2, 0) is 12.8 Å². The van der Waals surface area contributed by atoms with Crippen LogP contribution in [0.15, 0.2) is 0 Å². The van der Waals surface area contributed by atoms with Gasteiger partial charge in [-0.3, -0.25) is 0 Å². The van der Waals surface area contributed by atoms with Crippen LogP contribution < -0.4 is 16.0 Å². The van der Waals surface area contributed by atoms with Gasteiger partial charge in [0.25, 0.3) is 0 Å². The van der Waals surface area contributed by atoms with Crippen LogP contribution in [0, 0.1) is 17.3 Å². The minimum atomic E-state index is 0.330. The van der Waals surface area contributed by atoms with Crippen molar-refractivity contribution in [3.63, 3.8) is 0 Å². The smallest absolute Gasteiger partial charge is 0.222 e. The Morgan fingerprint density at radius 3 is 2.62 bits per heavy atom. The lowest BCUT2D eigenvalue weighted by molar-refractivity contribution is 0.310. The van der Waals surface area contributed by atoms with E-state index >= 15 is 0 Å². The third kappa shape index (κ3) is 2.27. The minimum Gasteiger partial charge on any atom is -0.368 e. The first kappa shape index (κ1) is 13.3. The normalized spacial score (nSPS) is 30.3. The van der Waals surface area contributed by atoms with Gasteiger partial charge >= 0.3 is 0 Å². The number of aromatic nitrogens is 2. The van der Waals surface area contributed by atoms with Crippen molar-refractivity contribution in [2.45, 2.75) is 33.1 Å². The monoisotopic (exact) mass is 287 g/mol. The summed E-state index contributed by atoms with van der Waals surface area (Å²) < 4.78 is 0. The molecular weight excluding hydrogens is 262 g/mol. The van der Waals surface area contributed by atoms with Gasteiger partial charge in [0.1, 0.15) is 5.82 Å². The first-order valence-electron chi connectivity index (χ1n) is 8.13. The molecule has 0 aromatic carbocycles. The molecule has 2 fully saturated rings. The van der Waals surface area contributed by atoms with Crippen LogP contribution in [-0.4, -0.2) is 36.1 Å². The van der Waals surface area contributed by atoms with Gasteiger partial charge in [-0.25, -0.2) is 4.98 Å². The number of nitrogens with one attached hydrogen (secondary N) is 1. The number of anilines is 2. The summed E-state index contributed by atoms with van der Waals surface area (Å²) in [5, 5.41) is 3.50. The van der Waals surface area contributed by atoms with Gasteiger partial charge < -0.3 is 16.0 Å². The SMILES string of the molecule is CC1(C)CCc2c(nc(N)nc2N2CC3CNCC3C2)C1. The lowest BCUT2D eigenvalue weighted by Gasteiger charge is -2.33. The van der Waals surface area contributed by atoms with Crippen molar-refractivity contribution < 1.29 is 0 Å². The third-order valence-corrected chi connectivity index (χ3v) is 5.48. The van der Waals surface area contributed by atoms with E-state index in [0.29, 0.717) is 11.4 Å². The Morgan fingerprint density at radius 2 is 1.90 bits per heavy atom. The van der Waals surface area contributed by atoms with Crippen molar-refractivity contribution in [1.82, 2.24) is 15.3 Å². The van der Waals surface area contributed by atoms with E-state index < -0.39 is 0 Å². The van der Waals surface area contributed by atoms with Crippen LogP contribution >= 0.6 is 0 Å². The lowest BCUT2D eigenvalue weighted by atomic mass is 9.76. The molecule has 4 rings (SSSR count). The van der Waals surface area contributed by atoms with Gasteiger partial charge in [0, 0.05) is 31.7 Å². The summed E-state index contributed by atoms with van der Waals surface area (Å²) in [6, 6.07) is 0. The molecule has 5 nitrogen and oxygen atoms in total. The minimum absolute atomic E-state index is 0.330. The van der Waals surface area contributed by atoms with Crippen LogP contribution in [0.4, 0.5) is 11.8 Å². The van der Waals surface area contributed by atoms with Gasteiger partial charge in [-0.05, 0) is 36.5 Å². The quantitative estimate of drug-likeness (QED) is 0.813. The summed E-state index contributed by atoms with van der Waals surface area (Å²) in [7, 11) is 0. The molecule has 2 atom stereocenters. The molecule has 5 heteroatoms.